The SMILES string of the molecule is C=C(C/C=C/C=C/Cl)CC(OC(=O)C1CCC(=O)N1C)C(C)(C)C. The van der Waals surface area contributed by atoms with E-state index in [1.165, 1.54) is 10.4 Å². The van der Waals surface area contributed by atoms with Gasteiger partial charge in [0.2, 0.25) is 5.91 Å². The summed E-state index contributed by atoms with van der Waals surface area (Å²) in [6, 6.07) is -0.468. The predicted octanol–water partition coefficient (Wildman–Crippen LogP) is 4.21. The molecule has 1 fully saturated rings. The topological polar surface area (TPSA) is 46.6 Å². The number of ether oxygens (including phenoxy) is 1. The quantitative estimate of drug-likeness (QED) is 0.391. The fourth-order valence-electron chi connectivity index (χ4n) is 2.52. The van der Waals surface area contributed by atoms with Crippen molar-refractivity contribution in [3.05, 3.63) is 35.9 Å². The Morgan fingerprint density at radius 3 is 2.62 bits per heavy atom. The third-order valence-electron chi connectivity index (χ3n) is 4.19. The van der Waals surface area contributed by atoms with Crippen LogP contribution in [0.25, 0.3) is 0 Å². The van der Waals surface area contributed by atoms with E-state index < -0.39 is 6.04 Å². The first-order chi connectivity index (χ1) is 11.2. The van der Waals surface area contributed by atoms with Gasteiger partial charge in [-0.3, -0.25) is 4.79 Å². The molecule has 0 aromatic rings. The molecule has 4 nitrogen and oxygen atoms in total. The number of rotatable bonds is 7. The molecule has 0 radical (unpaired) electrons. The highest BCUT2D eigenvalue weighted by molar-refractivity contribution is 6.25. The molecular weight excluding hydrogens is 326 g/mol. The lowest BCUT2D eigenvalue weighted by Gasteiger charge is -2.32. The second-order valence-electron chi connectivity index (χ2n) is 7.26. The van der Waals surface area contributed by atoms with E-state index >= 15 is 0 Å². The minimum Gasteiger partial charge on any atom is -0.460 e. The number of hydrogen-bond donors (Lipinski definition) is 0. The standard InChI is InChI=1S/C19H28ClNO3/c1-14(9-7-6-8-12-20)13-16(19(2,3)4)24-18(23)15-10-11-17(22)21(15)5/h6-8,12,15-16H,1,9-11,13H2,2-5H3/b7-6+,12-8+. The zero-order valence-corrected chi connectivity index (χ0v) is 15.8. The van der Waals surface area contributed by atoms with E-state index in [4.69, 9.17) is 16.3 Å². The fourth-order valence-corrected chi connectivity index (χ4v) is 2.61. The number of amides is 1. The van der Waals surface area contributed by atoms with Crippen molar-refractivity contribution in [1.29, 1.82) is 0 Å². The zero-order valence-electron chi connectivity index (χ0n) is 15.0. The molecule has 0 bridgehead atoms. The van der Waals surface area contributed by atoms with Gasteiger partial charge in [-0.15, -0.1) is 0 Å². The largest absolute Gasteiger partial charge is 0.460 e. The van der Waals surface area contributed by atoms with E-state index in [9.17, 15) is 9.59 Å². The van der Waals surface area contributed by atoms with Crippen molar-refractivity contribution in [2.75, 3.05) is 7.05 Å². The van der Waals surface area contributed by atoms with E-state index in [-0.39, 0.29) is 23.4 Å². The number of esters is 1. The molecule has 0 saturated carbocycles. The molecule has 24 heavy (non-hydrogen) atoms. The monoisotopic (exact) mass is 353 g/mol. The third-order valence-corrected chi connectivity index (χ3v) is 4.33. The van der Waals surface area contributed by atoms with E-state index in [1.54, 1.807) is 13.1 Å². The van der Waals surface area contributed by atoms with E-state index in [0.29, 0.717) is 25.7 Å². The van der Waals surface area contributed by atoms with Gasteiger partial charge in [0.25, 0.3) is 0 Å². The summed E-state index contributed by atoms with van der Waals surface area (Å²) in [5.41, 5.74) is 2.22. The number of allylic oxidation sites excluding steroid dienone is 3. The number of carbonyl (C=O) groups excluding carboxylic acids is 2. The molecule has 1 amide bonds. The fraction of sp³-hybridized carbons (Fsp3) is 0.579. The second kappa shape index (κ2) is 9.07. The van der Waals surface area contributed by atoms with Crippen molar-refractivity contribution in [2.24, 2.45) is 5.41 Å². The van der Waals surface area contributed by atoms with Crippen LogP contribution in [0.5, 0.6) is 0 Å². The number of likely N-dealkylation sites (N-methyl/N-ethyl adjacent to an activating group) is 1. The highest BCUT2D eigenvalue weighted by atomic mass is 35.5. The number of carbonyl (C=O) groups is 2. The van der Waals surface area contributed by atoms with Gasteiger partial charge >= 0.3 is 5.97 Å². The number of hydrogen-bond acceptors (Lipinski definition) is 3. The molecule has 134 valence electrons. The van der Waals surface area contributed by atoms with Gasteiger partial charge in [-0.1, -0.05) is 62.8 Å². The summed E-state index contributed by atoms with van der Waals surface area (Å²) < 4.78 is 5.76. The maximum atomic E-state index is 12.5. The van der Waals surface area contributed by atoms with Crippen molar-refractivity contribution in [3.63, 3.8) is 0 Å². The molecule has 2 atom stereocenters. The molecule has 0 spiro atoms. The van der Waals surface area contributed by atoms with Gasteiger partial charge in [0, 0.05) is 25.4 Å². The molecule has 0 aromatic carbocycles. The van der Waals surface area contributed by atoms with Gasteiger partial charge < -0.3 is 9.64 Å². The summed E-state index contributed by atoms with van der Waals surface area (Å²) in [4.78, 5) is 25.5. The first-order valence-electron chi connectivity index (χ1n) is 8.21. The van der Waals surface area contributed by atoms with Crippen LogP contribution in [0.3, 0.4) is 0 Å². The minimum absolute atomic E-state index is 0.00819. The molecule has 1 aliphatic rings. The van der Waals surface area contributed by atoms with Crippen LogP contribution in [-0.4, -0.2) is 36.0 Å². The van der Waals surface area contributed by atoms with Gasteiger partial charge in [-0.05, 0) is 18.3 Å². The molecule has 0 N–H and O–H groups in total. The average Bonchev–Trinajstić information content (AvgIpc) is 2.82. The Labute approximate surface area is 150 Å². The van der Waals surface area contributed by atoms with Crippen LogP contribution in [-0.2, 0) is 14.3 Å². The Kier molecular flexibility index (Phi) is 7.74. The van der Waals surface area contributed by atoms with Crippen LogP contribution in [0.2, 0.25) is 0 Å². The minimum atomic E-state index is -0.468. The maximum Gasteiger partial charge on any atom is 0.329 e. The van der Waals surface area contributed by atoms with Crippen LogP contribution < -0.4 is 0 Å². The first-order valence-corrected chi connectivity index (χ1v) is 8.65. The Morgan fingerprint density at radius 2 is 2.12 bits per heavy atom. The normalized spacial score (nSPS) is 20.1. The highest BCUT2D eigenvalue weighted by Crippen LogP contribution is 2.30. The van der Waals surface area contributed by atoms with Crippen molar-refractivity contribution >= 4 is 23.5 Å². The third kappa shape index (κ3) is 6.16. The van der Waals surface area contributed by atoms with Crippen LogP contribution in [0.4, 0.5) is 0 Å². The Morgan fingerprint density at radius 1 is 1.46 bits per heavy atom. The van der Waals surface area contributed by atoms with Gasteiger partial charge in [0.15, 0.2) is 0 Å². The molecule has 5 heteroatoms. The average molecular weight is 354 g/mol. The molecule has 1 rings (SSSR count). The molecular formula is C19H28ClNO3. The summed E-state index contributed by atoms with van der Waals surface area (Å²) >= 11 is 5.46. The van der Waals surface area contributed by atoms with Crippen LogP contribution in [0.1, 0.15) is 46.5 Å². The van der Waals surface area contributed by atoms with Gasteiger partial charge in [-0.2, -0.15) is 0 Å². The van der Waals surface area contributed by atoms with Crippen LogP contribution >= 0.6 is 11.6 Å². The highest BCUT2D eigenvalue weighted by Gasteiger charge is 2.37. The van der Waals surface area contributed by atoms with Crippen molar-refractivity contribution in [1.82, 2.24) is 4.90 Å². The zero-order chi connectivity index (χ0) is 18.3. The van der Waals surface area contributed by atoms with Crippen LogP contribution in [0, 0.1) is 5.41 Å². The lowest BCUT2D eigenvalue weighted by Crippen LogP contribution is -2.41. The number of likely N-dealkylation sites (tertiary alicyclic amines) is 1. The first kappa shape index (κ1) is 20.5. The summed E-state index contributed by atoms with van der Waals surface area (Å²) in [6.45, 7) is 10.2. The van der Waals surface area contributed by atoms with Gasteiger partial charge in [-0.25, -0.2) is 4.79 Å². The van der Waals surface area contributed by atoms with Gasteiger partial charge in [0.05, 0.1) is 0 Å². The van der Waals surface area contributed by atoms with Crippen molar-refractivity contribution < 1.29 is 14.3 Å². The van der Waals surface area contributed by atoms with Crippen LogP contribution in [0.15, 0.2) is 35.9 Å². The summed E-state index contributed by atoms with van der Waals surface area (Å²) in [5, 5.41) is 0. The van der Waals surface area contributed by atoms with E-state index in [1.807, 2.05) is 32.9 Å². The summed E-state index contributed by atoms with van der Waals surface area (Å²) in [7, 11) is 1.65. The number of halogens is 1. The molecule has 2 unspecified atom stereocenters. The number of nitrogens with zero attached hydrogens (tertiary/aromatic N) is 1. The summed E-state index contributed by atoms with van der Waals surface area (Å²) in [6.07, 6.45) is 7.51. The maximum absolute atomic E-state index is 12.5. The molecule has 1 aliphatic heterocycles. The van der Waals surface area contributed by atoms with Gasteiger partial charge in [0.1, 0.15) is 12.1 Å². The van der Waals surface area contributed by atoms with Crippen molar-refractivity contribution in [3.8, 4) is 0 Å². The lowest BCUT2D eigenvalue weighted by molar-refractivity contribution is -0.161. The van der Waals surface area contributed by atoms with E-state index in [2.05, 4.69) is 6.58 Å². The molecule has 1 heterocycles. The predicted molar refractivity (Wildman–Crippen MR) is 97.6 cm³/mol. The molecule has 0 aliphatic carbocycles. The lowest BCUT2D eigenvalue weighted by atomic mass is 9.84. The smallest absolute Gasteiger partial charge is 0.329 e. The molecule has 1 saturated heterocycles. The Balaban J connectivity index is 2.67. The van der Waals surface area contributed by atoms with Crippen molar-refractivity contribution in [2.45, 2.75) is 58.6 Å². The van der Waals surface area contributed by atoms with E-state index in [0.717, 1.165) is 5.57 Å². The summed E-state index contributed by atoms with van der Waals surface area (Å²) in [5.74, 6) is -0.331. The molecule has 0 aromatic heterocycles. The Hall–Kier alpha value is -1.55. The second-order valence-corrected chi connectivity index (χ2v) is 7.51. The Bertz CT molecular complexity index is 531.